The van der Waals surface area contributed by atoms with Crippen LogP contribution in [0.4, 0.5) is 5.82 Å². The van der Waals surface area contributed by atoms with Gasteiger partial charge in [-0.3, -0.25) is 4.79 Å². The quantitative estimate of drug-likeness (QED) is 0.387. The van der Waals surface area contributed by atoms with Crippen molar-refractivity contribution >= 4 is 22.8 Å². The molecule has 2 heterocycles. The van der Waals surface area contributed by atoms with Crippen LogP contribution in [0.3, 0.4) is 0 Å². The Balaban J connectivity index is 1.36. The number of anilines is 1. The minimum Gasteiger partial charge on any atom is -0.497 e. The highest BCUT2D eigenvalue weighted by atomic mass is 16.5. The fraction of sp³-hybridized carbons (Fsp3) is 0.0385. The maximum absolute atomic E-state index is 12.3. The number of carbonyl (C=O) groups excluding carboxylic acids is 1. The van der Waals surface area contributed by atoms with E-state index in [1.165, 1.54) is 0 Å². The van der Waals surface area contributed by atoms with Crippen molar-refractivity contribution in [2.45, 2.75) is 0 Å². The summed E-state index contributed by atoms with van der Waals surface area (Å²) in [5.74, 6) is 1.63. The third kappa shape index (κ3) is 3.94. The zero-order valence-electron chi connectivity index (χ0n) is 17.3. The van der Waals surface area contributed by atoms with Crippen LogP contribution in [-0.2, 0) is 0 Å². The lowest BCUT2D eigenvalue weighted by atomic mass is 10.1. The van der Waals surface area contributed by atoms with E-state index in [0.29, 0.717) is 22.9 Å². The molecule has 2 aromatic heterocycles. The molecule has 1 amide bonds. The average Bonchev–Trinajstić information content (AvgIpc) is 3.28. The van der Waals surface area contributed by atoms with Crippen molar-refractivity contribution in [3.8, 4) is 28.3 Å². The van der Waals surface area contributed by atoms with E-state index in [0.717, 1.165) is 28.0 Å². The van der Waals surface area contributed by atoms with E-state index in [2.05, 4.69) is 15.3 Å². The second-order valence-corrected chi connectivity index (χ2v) is 7.18. The zero-order valence-corrected chi connectivity index (χ0v) is 17.3. The lowest BCUT2D eigenvalue weighted by Gasteiger charge is -2.06. The van der Waals surface area contributed by atoms with E-state index in [-0.39, 0.29) is 5.91 Å². The highest BCUT2D eigenvalue weighted by molar-refractivity contribution is 6.03. The molecule has 156 valence electrons. The number of hydrogen-bond donors (Lipinski definition) is 1. The summed E-state index contributed by atoms with van der Waals surface area (Å²) in [7, 11) is 1.63. The van der Waals surface area contributed by atoms with Gasteiger partial charge in [-0.1, -0.05) is 24.3 Å². The molecule has 0 saturated carbocycles. The third-order valence-electron chi connectivity index (χ3n) is 5.10. The van der Waals surface area contributed by atoms with E-state index < -0.39 is 0 Å². The van der Waals surface area contributed by atoms with Crippen molar-refractivity contribution in [1.29, 1.82) is 0 Å². The molecule has 0 aliphatic carbocycles. The van der Waals surface area contributed by atoms with Gasteiger partial charge in [0.05, 0.1) is 7.11 Å². The normalized spacial score (nSPS) is 10.8. The van der Waals surface area contributed by atoms with Crippen molar-refractivity contribution in [3.05, 3.63) is 96.7 Å². The number of nitrogens with zero attached hydrogens (tertiary/aromatic N) is 2. The Kier molecular flexibility index (Phi) is 5.09. The lowest BCUT2D eigenvalue weighted by molar-refractivity contribution is 0.102. The van der Waals surface area contributed by atoms with Crippen LogP contribution in [0.5, 0.6) is 5.75 Å². The van der Waals surface area contributed by atoms with E-state index >= 15 is 0 Å². The van der Waals surface area contributed by atoms with Gasteiger partial charge in [0.2, 0.25) is 5.89 Å². The van der Waals surface area contributed by atoms with Gasteiger partial charge in [-0.25, -0.2) is 9.97 Å². The number of pyridine rings is 1. The number of nitrogens with one attached hydrogen (secondary N) is 1. The maximum Gasteiger partial charge on any atom is 0.256 e. The first-order chi connectivity index (χ1) is 15.7. The molecule has 6 heteroatoms. The lowest BCUT2D eigenvalue weighted by Crippen LogP contribution is -2.12. The number of carbonyl (C=O) groups is 1. The second kappa shape index (κ2) is 8.35. The fourth-order valence-corrected chi connectivity index (χ4v) is 3.38. The molecule has 5 aromatic rings. The van der Waals surface area contributed by atoms with Crippen molar-refractivity contribution in [2.24, 2.45) is 0 Å². The molecule has 3 aromatic carbocycles. The molecule has 1 N–H and O–H groups in total. The minimum atomic E-state index is -0.194. The first-order valence-electron chi connectivity index (χ1n) is 10.1. The van der Waals surface area contributed by atoms with E-state index in [1.807, 2.05) is 66.7 Å². The van der Waals surface area contributed by atoms with Crippen molar-refractivity contribution < 1.29 is 13.9 Å². The molecule has 0 spiro atoms. The van der Waals surface area contributed by atoms with Crippen molar-refractivity contribution in [2.75, 3.05) is 12.4 Å². The molecule has 32 heavy (non-hydrogen) atoms. The summed E-state index contributed by atoms with van der Waals surface area (Å²) in [6, 6.07) is 26.1. The summed E-state index contributed by atoms with van der Waals surface area (Å²) in [4.78, 5) is 21.3. The summed E-state index contributed by atoms with van der Waals surface area (Å²) < 4.78 is 11.2. The van der Waals surface area contributed by atoms with Gasteiger partial charge in [-0.15, -0.1) is 0 Å². The predicted molar refractivity (Wildman–Crippen MR) is 124 cm³/mol. The Labute approximate surface area is 184 Å². The van der Waals surface area contributed by atoms with Crippen LogP contribution in [0.1, 0.15) is 10.4 Å². The van der Waals surface area contributed by atoms with Crippen LogP contribution in [0.15, 0.2) is 95.5 Å². The molecule has 5 rings (SSSR count). The van der Waals surface area contributed by atoms with E-state index in [4.69, 9.17) is 9.15 Å². The molecule has 0 unspecified atom stereocenters. The average molecular weight is 421 g/mol. The van der Waals surface area contributed by atoms with E-state index in [1.54, 1.807) is 31.5 Å². The Morgan fingerprint density at radius 3 is 2.34 bits per heavy atom. The van der Waals surface area contributed by atoms with Crippen LogP contribution in [0.25, 0.3) is 33.7 Å². The highest BCUT2D eigenvalue weighted by Gasteiger charge is 2.11. The number of methoxy groups -OCH3 is 1. The van der Waals surface area contributed by atoms with Crippen LogP contribution < -0.4 is 10.1 Å². The molecular formula is C26H19N3O3. The SMILES string of the molecule is COc1ccc(-c2nc3ccc(-c4ccc(NC(=O)c5ccccc5)nc4)cc3o2)cc1. The van der Waals surface area contributed by atoms with Crippen LogP contribution in [0, 0.1) is 0 Å². The van der Waals surface area contributed by atoms with Gasteiger partial charge in [0.25, 0.3) is 5.91 Å². The first-order valence-corrected chi connectivity index (χ1v) is 10.1. The summed E-state index contributed by atoms with van der Waals surface area (Å²) in [5.41, 5.74) is 4.79. The summed E-state index contributed by atoms with van der Waals surface area (Å²) in [6.45, 7) is 0. The molecule has 6 nitrogen and oxygen atoms in total. The second-order valence-electron chi connectivity index (χ2n) is 7.18. The summed E-state index contributed by atoms with van der Waals surface area (Å²) in [5, 5.41) is 2.81. The fourth-order valence-electron chi connectivity index (χ4n) is 3.38. The van der Waals surface area contributed by atoms with Crippen molar-refractivity contribution in [3.63, 3.8) is 0 Å². The number of benzene rings is 3. The number of fused-ring (bicyclic) bond motifs is 1. The zero-order chi connectivity index (χ0) is 21.9. The van der Waals surface area contributed by atoms with Gasteiger partial charge in [0.15, 0.2) is 5.58 Å². The monoisotopic (exact) mass is 421 g/mol. The third-order valence-corrected chi connectivity index (χ3v) is 5.10. The number of amides is 1. The van der Waals surface area contributed by atoms with Gasteiger partial charge < -0.3 is 14.5 Å². The van der Waals surface area contributed by atoms with Gasteiger partial charge in [0.1, 0.15) is 17.1 Å². The Morgan fingerprint density at radius 2 is 1.62 bits per heavy atom. The van der Waals surface area contributed by atoms with E-state index in [9.17, 15) is 4.79 Å². The molecule has 0 fully saturated rings. The number of oxazole rings is 1. The highest BCUT2D eigenvalue weighted by Crippen LogP contribution is 2.29. The molecule has 0 aliphatic rings. The van der Waals surface area contributed by atoms with Crippen LogP contribution >= 0.6 is 0 Å². The molecular weight excluding hydrogens is 402 g/mol. The summed E-state index contributed by atoms with van der Waals surface area (Å²) >= 11 is 0. The number of ether oxygens (including phenoxy) is 1. The molecule has 0 saturated heterocycles. The molecule has 0 radical (unpaired) electrons. The van der Waals surface area contributed by atoms with Gasteiger partial charge in [-0.05, 0) is 66.2 Å². The van der Waals surface area contributed by atoms with Crippen LogP contribution in [0.2, 0.25) is 0 Å². The predicted octanol–water partition coefficient (Wildman–Crippen LogP) is 5.82. The molecule has 0 bridgehead atoms. The Morgan fingerprint density at radius 1 is 0.875 bits per heavy atom. The van der Waals surface area contributed by atoms with Gasteiger partial charge in [0, 0.05) is 22.9 Å². The Bertz CT molecular complexity index is 1380. The number of aromatic nitrogens is 2. The Hall–Kier alpha value is -4.45. The molecule has 0 atom stereocenters. The molecule has 0 aliphatic heterocycles. The number of rotatable bonds is 5. The maximum atomic E-state index is 12.3. The van der Waals surface area contributed by atoms with Crippen molar-refractivity contribution in [1.82, 2.24) is 9.97 Å². The smallest absolute Gasteiger partial charge is 0.256 e. The topological polar surface area (TPSA) is 77.2 Å². The standard InChI is InChI=1S/C26H19N3O3/c1-31-21-11-7-18(8-12-21)26-28-22-13-9-19(15-23(22)32-26)20-10-14-24(27-16-20)29-25(30)17-5-3-2-4-6-17/h2-16H,1H3,(H,27,29,30). The van der Waals surface area contributed by atoms with Crippen LogP contribution in [-0.4, -0.2) is 23.0 Å². The first kappa shape index (κ1) is 19.5. The largest absolute Gasteiger partial charge is 0.497 e. The summed E-state index contributed by atoms with van der Waals surface area (Å²) in [6.07, 6.45) is 1.72. The number of hydrogen-bond acceptors (Lipinski definition) is 5. The van der Waals surface area contributed by atoms with Gasteiger partial charge in [-0.2, -0.15) is 0 Å². The minimum absolute atomic E-state index is 0.194. The van der Waals surface area contributed by atoms with Gasteiger partial charge >= 0.3 is 0 Å².